The molecule has 1 aliphatic heterocycles. The van der Waals surface area contributed by atoms with Gasteiger partial charge in [-0.3, -0.25) is 0 Å². The summed E-state index contributed by atoms with van der Waals surface area (Å²) in [7, 11) is 1.67. The van der Waals surface area contributed by atoms with Crippen LogP contribution in [-0.4, -0.2) is 31.0 Å². The van der Waals surface area contributed by atoms with Crippen LogP contribution in [0.3, 0.4) is 0 Å². The first-order valence-electron chi connectivity index (χ1n) is 9.55. The Bertz CT molecular complexity index is 1040. The quantitative estimate of drug-likeness (QED) is 0.568. The second-order valence-corrected chi connectivity index (χ2v) is 9.34. The summed E-state index contributed by atoms with van der Waals surface area (Å²) in [6, 6.07) is 12.5. The Morgan fingerprint density at radius 1 is 1.18 bits per heavy atom. The number of fused-ring (bicyclic) bond motifs is 4. The van der Waals surface area contributed by atoms with Gasteiger partial charge in [0.15, 0.2) is 0 Å². The fraction of sp³-hybridized carbons (Fsp3) is 0.364. The Morgan fingerprint density at radius 2 is 2.04 bits per heavy atom. The molecule has 28 heavy (non-hydrogen) atoms. The minimum absolute atomic E-state index is 0.00919. The van der Waals surface area contributed by atoms with E-state index < -0.39 is 5.60 Å². The van der Waals surface area contributed by atoms with Crippen LogP contribution >= 0.6 is 0 Å². The zero-order valence-electron chi connectivity index (χ0n) is 16.2. The third-order valence-corrected chi connectivity index (χ3v) is 7.67. The molecule has 0 bridgehead atoms. The molecule has 2 aliphatic rings. The molecule has 1 aliphatic carbocycles. The Morgan fingerprint density at radius 3 is 2.89 bits per heavy atom. The maximum atomic E-state index is 6.48. The SMILES string of the molecule is COc1cc2c(cc1OC1CCCc3ccccc31)OC(C)(C)c1[se]nnc1-2. The van der Waals surface area contributed by atoms with Crippen molar-refractivity contribution >= 4 is 14.7 Å². The second-order valence-electron chi connectivity index (χ2n) is 7.76. The van der Waals surface area contributed by atoms with E-state index in [-0.39, 0.29) is 20.8 Å². The predicted molar refractivity (Wildman–Crippen MR) is 107 cm³/mol. The number of hydrogen-bond acceptors (Lipinski definition) is 5. The van der Waals surface area contributed by atoms with Crippen LogP contribution in [0.5, 0.6) is 17.2 Å². The number of rotatable bonds is 3. The summed E-state index contributed by atoms with van der Waals surface area (Å²) in [6.45, 7) is 4.15. The number of hydrogen-bond donors (Lipinski definition) is 0. The first-order valence-corrected chi connectivity index (χ1v) is 11.2. The molecule has 3 aromatic rings. The van der Waals surface area contributed by atoms with Crippen LogP contribution in [0.15, 0.2) is 36.4 Å². The molecule has 2 heterocycles. The normalized spacial score (nSPS) is 19.0. The molecule has 0 saturated heterocycles. The predicted octanol–water partition coefficient (Wildman–Crippen LogP) is 4.29. The third kappa shape index (κ3) is 2.83. The van der Waals surface area contributed by atoms with Crippen molar-refractivity contribution in [3.05, 3.63) is 52.0 Å². The fourth-order valence-electron chi connectivity index (χ4n) is 4.13. The molecule has 0 amide bonds. The van der Waals surface area contributed by atoms with Crippen LogP contribution in [0, 0.1) is 0 Å². The van der Waals surface area contributed by atoms with Gasteiger partial charge in [-0.1, -0.05) is 0 Å². The van der Waals surface area contributed by atoms with E-state index in [1.54, 1.807) is 7.11 Å². The van der Waals surface area contributed by atoms with Crippen molar-refractivity contribution < 1.29 is 14.2 Å². The summed E-state index contributed by atoms with van der Waals surface area (Å²) in [6.07, 6.45) is 3.25. The number of methoxy groups -OCH3 is 1. The Kier molecular flexibility index (Phi) is 4.22. The van der Waals surface area contributed by atoms with E-state index in [1.165, 1.54) is 15.6 Å². The van der Waals surface area contributed by atoms with E-state index in [0.29, 0.717) is 11.5 Å². The number of aryl methyl sites for hydroxylation is 1. The van der Waals surface area contributed by atoms with Crippen molar-refractivity contribution in [2.24, 2.45) is 0 Å². The zero-order valence-corrected chi connectivity index (χ0v) is 17.9. The van der Waals surface area contributed by atoms with E-state index in [4.69, 9.17) is 14.2 Å². The van der Waals surface area contributed by atoms with Gasteiger partial charge in [0.05, 0.1) is 0 Å². The zero-order chi connectivity index (χ0) is 19.3. The van der Waals surface area contributed by atoms with Crippen molar-refractivity contribution in [1.29, 1.82) is 0 Å². The first-order chi connectivity index (χ1) is 13.6. The summed E-state index contributed by atoms with van der Waals surface area (Å²) < 4.78 is 23.9. The average molecular weight is 441 g/mol. The summed E-state index contributed by atoms with van der Waals surface area (Å²) in [5.41, 5.74) is 4.10. The minimum atomic E-state index is -0.408. The topological polar surface area (TPSA) is 53.5 Å². The fourth-order valence-corrected chi connectivity index (χ4v) is 5.61. The van der Waals surface area contributed by atoms with Crippen molar-refractivity contribution in [2.45, 2.75) is 44.8 Å². The van der Waals surface area contributed by atoms with Crippen LogP contribution < -0.4 is 14.2 Å². The molecule has 0 N–H and O–H groups in total. The molecular weight excluding hydrogens is 419 g/mol. The van der Waals surface area contributed by atoms with Crippen molar-refractivity contribution in [1.82, 2.24) is 9.19 Å². The molecule has 5 nitrogen and oxygen atoms in total. The summed E-state index contributed by atoms with van der Waals surface area (Å²) >= 11 is -0.00919. The van der Waals surface area contributed by atoms with E-state index in [0.717, 1.165) is 36.3 Å². The number of ether oxygens (including phenoxy) is 3. The standard InChI is InChI=1S/C22H22N2O3Se/c1-22(2)21-20(23-24-28-21)15-11-18(25-3)19(12-17(15)27-22)26-16-10-6-8-13-7-4-5-9-14(13)16/h4-5,7,9,11-12,16H,6,8,10H2,1-3H3. The van der Waals surface area contributed by atoms with Crippen LogP contribution in [0.4, 0.5) is 0 Å². The Hall–Kier alpha value is -2.30. The second kappa shape index (κ2) is 6.64. The molecule has 2 aromatic carbocycles. The van der Waals surface area contributed by atoms with Gasteiger partial charge < -0.3 is 0 Å². The summed E-state index contributed by atoms with van der Waals surface area (Å²) in [5, 5.41) is 4.40. The van der Waals surface area contributed by atoms with Crippen LogP contribution in [0.25, 0.3) is 11.3 Å². The van der Waals surface area contributed by atoms with E-state index in [1.807, 2.05) is 12.1 Å². The number of aromatic nitrogens is 2. The molecule has 0 spiro atoms. The van der Waals surface area contributed by atoms with Gasteiger partial charge in [0.2, 0.25) is 0 Å². The van der Waals surface area contributed by atoms with E-state index >= 15 is 0 Å². The Balaban J connectivity index is 1.56. The summed E-state index contributed by atoms with van der Waals surface area (Å²) in [4.78, 5) is 0. The van der Waals surface area contributed by atoms with Crippen LogP contribution in [0.2, 0.25) is 0 Å². The molecule has 0 fully saturated rings. The molecule has 0 saturated carbocycles. The molecule has 144 valence electrons. The van der Waals surface area contributed by atoms with Gasteiger partial charge >= 0.3 is 171 Å². The molecule has 6 heteroatoms. The number of benzene rings is 2. The van der Waals surface area contributed by atoms with Gasteiger partial charge in [0.25, 0.3) is 0 Å². The summed E-state index contributed by atoms with van der Waals surface area (Å²) in [5.74, 6) is 2.19. The Labute approximate surface area is 170 Å². The number of nitrogens with zero attached hydrogens (tertiary/aromatic N) is 2. The van der Waals surface area contributed by atoms with Crippen molar-refractivity contribution in [2.75, 3.05) is 7.11 Å². The van der Waals surface area contributed by atoms with Gasteiger partial charge in [0, 0.05) is 0 Å². The monoisotopic (exact) mass is 442 g/mol. The molecule has 5 rings (SSSR count). The molecule has 0 radical (unpaired) electrons. The molecule has 1 atom stereocenters. The van der Waals surface area contributed by atoms with Gasteiger partial charge in [-0.2, -0.15) is 0 Å². The van der Waals surface area contributed by atoms with Gasteiger partial charge in [-0.05, 0) is 0 Å². The maximum absolute atomic E-state index is 6.48. The van der Waals surface area contributed by atoms with Gasteiger partial charge in [-0.25, -0.2) is 0 Å². The van der Waals surface area contributed by atoms with Crippen LogP contribution in [0.1, 0.15) is 48.4 Å². The average Bonchev–Trinajstić information content (AvgIpc) is 3.19. The molecule has 1 unspecified atom stereocenters. The van der Waals surface area contributed by atoms with Gasteiger partial charge in [-0.15, -0.1) is 0 Å². The molecule has 1 aromatic heterocycles. The van der Waals surface area contributed by atoms with Crippen molar-refractivity contribution in [3.63, 3.8) is 0 Å². The third-order valence-electron chi connectivity index (χ3n) is 5.50. The first kappa shape index (κ1) is 17.8. The van der Waals surface area contributed by atoms with Crippen molar-refractivity contribution in [3.8, 4) is 28.5 Å². The van der Waals surface area contributed by atoms with E-state index in [2.05, 4.69) is 47.3 Å². The molecular formula is C22H22N2O3Se. The van der Waals surface area contributed by atoms with E-state index in [9.17, 15) is 0 Å². The van der Waals surface area contributed by atoms with Crippen LogP contribution in [-0.2, 0) is 12.0 Å². The van der Waals surface area contributed by atoms with Gasteiger partial charge in [0.1, 0.15) is 0 Å².